The van der Waals surface area contributed by atoms with Crippen molar-refractivity contribution in [2.75, 3.05) is 10.6 Å². The largest absolute Gasteiger partial charge is 0.349 e. The summed E-state index contributed by atoms with van der Waals surface area (Å²) in [6, 6.07) is 13.7. The smallest absolute Gasteiger partial charge is 0.251 e. The number of benzene rings is 2. The molecule has 146 valence electrons. The van der Waals surface area contributed by atoms with Crippen LogP contribution >= 0.6 is 11.6 Å². The molecule has 0 spiro atoms. The topological polar surface area (TPSA) is 66.5 Å². The van der Waals surface area contributed by atoms with E-state index in [0.29, 0.717) is 27.8 Å². The second-order valence-electron chi connectivity index (χ2n) is 6.91. The van der Waals surface area contributed by atoms with Gasteiger partial charge in [-0.25, -0.2) is 8.42 Å². The molecular formula is C20H25ClN2O3S. The third-order valence-corrected chi connectivity index (χ3v) is 5.96. The summed E-state index contributed by atoms with van der Waals surface area (Å²) in [6.07, 6.45) is 1.15. The Bertz CT molecular complexity index is 896. The van der Waals surface area contributed by atoms with Crippen LogP contribution in [0.3, 0.4) is 0 Å². The standard InChI is InChI=1S/C20H25ClN2O3S/c1-14(2)15(3)22-20(24)16-9-11-18(12-10-16)23(27(4,25)26)13-17-7-5-6-8-19(17)21/h5-12,14-15H,13H2,1-4H3,(H,22,24). The van der Waals surface area contributed by atoms with Gasteiger partial charge >= 0.3 is 0 Å². The van der Waals surface area contributed by atoms with Gasteiger partial charge in [0.15, 0.2) is 0 Å². The van der Waals surface area contributed by atoms with Crippen molar-refractivity contribution in [3.05, 3.63) is 64.7 Å². The number of anilines is 1. The molecule has 2 rings (SSSR count). The van der Waals surface area contributed by atoms with E-state index in [-0.39, 0.29) is 18.5 Å². The SMILES string of the molecule is CC(C)C(C)NC(=O)c1ccc(N(Cc2ccccc2Cl)S(C)(=O)=O)cc1. The molecule has 0 aliphatic carbocycles. The van der Waals surface area contributed by atoms with Crippen LogP contribution in [0, 0.1) is 5.92 Å². The van der Waals surface area contributed by atoms with Crippen LogP contribution in [-0.2, 0) is 16.6 Å². The molecule has 0 radical (unpaired) electrons. The van der Waals surface area contributed by atoms with E-state index in [1.807, 2.05) is 26.8 Å². The molecule has 2 aromatic carbocycles. The Kier molecular flexibility index (Phi) is 6.89. The Balaban J connectivity index is 2.25. The zero-order valence-corrected chi connectivity index (χ0v) is 17.5. The highest BCUT2D eigenvalue weighted by atomic mass is 35.5. The van der Waals surface area contributed by atoms with Gasteiger partial charge in [0.25, 0.3) is 5.91 Å². The normalized spacial score (nSPS) is 12.7. The lowest BCUT2D eigenvalue weighted by Gasteiger charge is -2.23. The number of halogens is 1. The monoisotopic (exact) mass is 408 g/mol. The lowest BCUT2D eigenvalue weighted by molar-refractivity contribution is 0.0930. The molecular weight excluding hydrogens is 384 g/mol. The minimum absolute atomic E-state index is 0.0462. The summed E-state index contributed by atoms with van der Waals surface area (Å²) in [5.74, 6) is 0.143. The van der Waals surface area contributed by atoms with Gasteiger partial charge in [-0.1, -0.05) is 43.6 Å². The molecule has 0 bridgehead atoms. The molecule has 7 heteroatoms. The third kappa shape index (κ3) is 5.71. The van der Waals surface area contributed by atoms with Gasteiger partial charge in [-0.3, -0.25) is 9.10 Å². The van der Waals surface area contributed by atoms with Crippen LogP contribution < -0.4 is 9.62 Å². The minimum atomic E-state index is -3.52. The number of sulfonamides is 1. The highest BCUT2D eigenvalue weighted by Gasteiger charge is 2.20. The second-order valence-corrected chi connectivity index (χ2v) is 9.23. The highest BCUT2D eigenvalue weighted by Crippen LogP contribution is 2.24. The van der Waals surface area contributed by atoms with E-state index in [1.165, 1.54) is 4.31 Å². The second kappa shape index (κ2) is 8.76. The Morgan fingerprint density at radius 2 is 1.67 bits per heavy atom. The predicted molar refractivity (Wildman–Crippen MR) is 111 cm³/mol. The first-order valence-corrected chi connectivity index (χ1v) is 10.9. The van der Waals surface area contributed by atoms with Crippen molar-refractivity contribution >= 4 is 33.2 Å². The van der Waals surface area contributed by atoms with Gasteiger partial charge in [0.05, 0.1) is 18.5 Å². The third-order valence-electron chi connectivity index (χ3n) is 4.45. The predicted octanol–water partition coefficient (Wildman–Crippen LogP) is 4.08. The zero-order chi connectivity index (χ0) is 20.2. The van der Waals surface area contributed by atoms with E-state index in [2.05, 4.69) is 5.32 Å². The molecule has 1 amide bonds. The van der Waals surface area contributed by atoms with E-state index in [0.717, 1.165) is 6.26 Å². The van der Waals surface area contributed by atoms with Crippen molar-refractivity contribution < 1.29 is 13.2 Å². The summed E-state index contributed by atoms with van der Waals surface area (Å²) in [5.41, 5.74) is 1.67. The molecule has 0 aliphatic rings. The number of amides is 1. The number of carbonyl (C=O) groups is 1. The molecule has 0 aromatic heterocycles. The fraction of sp³-hybridized carbons (Fsp3) is 0.350. The summed E-state index contributed by atoms with van der Waals surface area (Å²) in [6.45, 7) is 6.14. The van der Waals surface area contributed by atoms with Gasteiger partial charge in [0, 0.05) is 16.6 Å². The molecule has 0 saturated carbocycles. The van der Waals surface area contributed by atoms with E-state index >= 15 is 0 Å². The van der Waals surface area contributed by atoms with Crippen LogP contribution in [0.25, 0.3) is 0 Å². The lowest BCUT2D eigenvalue weighted by Crippen LogP contribution is -2.36. The number of rotatable bonds is 7. The van der Waals surface area contributed by atoms with Gasteiger partial charge in [-0.2, -0.15) is 0 Å². The summed E-state index contributed by atoms with van der Waals surface area (Å²) in [7, 11) is -3.52. The van der Waals surface area contributed by atoms with Crippen molar-refractivity contribution in [2.24, 2.45) is 5.92 Å². The molecule has 1 unspecified atom stereocenters. The number of hydrogen-bond acceptors (Lipinski definition) is 3. The number of carbonyl (C=O) groups excluding carboxylic acids is 1. The van der Waals surface area contributed by atoms with Crippen molar-refractivity contribution in [1.29, 1.82) is 0 Å². The zero-order valence-electron chi connectivity index (χ0n) is 15.9. The number of nitrogens with one attached hydrogen (secondary N) is 1. The van der Waals surface area contributed by atoms with Crippen molar-refractivity contribution in [1.82, 2.24) is 5.32 Å². The van der Waals surface area contributed by atoms with Gasteiger partial charge in [0.2, 0.25) is 10.0 Å². The van der Waals surface area contributed by atoms with Crippen LogP contribution in [0.1, 0.15) is 36.7 Å². The Hall–Kier alpha value is -2.05. The summed E-state index contributed by atoms with van der Waals surface area (Å²) >= 11 is 6.17. The maximum Gasteiger partial charge on any atom is 0.251 e. The molecule has 0 saturated heterocycles. The van der Waals surface area contributed by atoms with Gasteiger partial charge < -0.3 is 5.32 Å². The fourth-order valence-electron chi connectivity index (χ4n) is 2.42. The van der Waals surface area contributed by atoms with Crippen LogP contribution in [-0.4, -0.2) is 26.6 Å². The van der Waals surface area contributed by atoms with Crippen molar-refractivity contribution in [2.45, 2.75) is 33.4 Å². The first kappa shape index (κ1) is 21.3. The van der Waals surface area contributed by atoms with Crippen LogP contribution in [0.15, 0.2) is 48.5 Å². The highest BCUT2D eigenvalue weighted by molar-refractivity contribution is 7.92. The fourth-order valence-corrected chi connectivity index (χ4v) is 3.49. The van der Waals surface area contributed by atoms with Gasteiger partial charge in [-0.15, -0.1) is 0 Å². The number of nitrogens with zero attached hydrogens (tertiary/aromatic N) is 1. The maximum atomic E-state index is 12.3. The molecule has 1 atom stereocenters. The Labute approximate surface area is 166 Å². The average molecular weight is 409 g/mol. The molecule has 1 N–H and O–H groups in total. The number of hydrogen-bond donors (Lipinski definition) is 1. The van der Waals surface area contributed by atoms with Crippen LogP contribution in [0.5, 0.6) is 0 Å². The Morgan fingerprint density at radius 3 is 2.19 bits per heavy atom. The summed E-state index contributed by atoms with van der Waals surface area (Å²) < 4.78 is 25.9. The van der Waals surface area contributed by atoms with E-state index < -0.39 is 10.0 Å². The minimum Gasteiger partial charge on any atom is -0.349 e. The molecule has 5 nitrogen and oxygen atoms in total. The quantitative estimate of drug-likeness (QED) is 0.750. The summed E-state index contributed by atoms with van der Waals surface area (Å²) in [4.78, 5) is 12.3. The van der Waals surface area contributed by atoms with E-state index in [4.69, 9.17) is 11.6 Å². The van der Waals surface area contributed by atoms with Crippen LogP contribution in [0.4, 0.5) is 5.69 Å². The van der Waals surface area contributed by atoms with E-state index in [9.17, 15) is 13.2 Å². The first-order chi connectivity index (χ1) is 12.6. The summed E-state index contributed by atoms with van der Waals surface area (Å²) in [5, 5.41) is 3.44. The maximum absolute atomic E-state index is 12.3. The lowest BCUT2D eigenvalue weighted by atomic mass is 10.1. The molecule has 0 aliphatic heterocycles. The molecule has 27 heavy (non-hydrogen) atoms. The Morgan fingerprint density at radius 1 is 1.07 bits per heavy atom. The molecule has 2 aromatic rings. The molecule has 0 heterocycles. The van der Waals surface area contributed by atoms with Gasteiger partial charge in [0.1, 0.15) is 0 Å². The molecule has 0 fully saturated rings. The van der Waals surface area contributed by atoms with Gasteiger partial charge in [-0.05, 0) is 48.7 Å². The average Bonchev–Trinajstić information content (AvgIpc) is 2.60. The first-order valence-electron chi connectivity index (χ1n) is 8.71. The van der Waals surface area contributed by atoms with E-state index in [1.54, 1.807) is 42.5 Å². The van der Waals surface area contributed by atoms with Crippen LogP contribution in [0.2, 0.25) is 5.02 Å². The van der Waals surface area contributed by atoms with Crippen molar-refractivity contribution in [3.8, 4) is 0 Å². The van der Waals surface area contributed by atoms with Crippen molar-refractivity contribution in [3.63, 3.8) is 0 Å².